The van der Waals surface area contributed by atoms with E-state index >= 15 is 0 Å². The summed E-state index contributed by atoms with van der Waals surface area (Å²) in [5, 5.41) is 12.1. The molecule has 5 heteroatoms. The predicted molar refractivity (Wildman–Crippen MR) is 84.9 cm³/mol. The number of thiol groups is 1. The molecule has 0 heterocycles. The molecule has 0 aliphatic rings. The van der Waals surface area contributed by atoms with Gasteiger partial charge in [0.1, 0.15) is 0 Å². The zero-order chi connectivity index (χ0) is 14.1. The quantitative estimate of drug-likeness (QED) is 0.639. The van der Waals surface area contributed by atoms with Gasteiger partial charge in [0.05, 0.1) is 18.6 Å². The third kappa shape index (κ3) is 5.89. The maximum atomic E-state index is 12.1. The summed E-state index contributed by atoms with van der Waals surface area (Å²) in [6, 6.07) is 9.73. The Hall–Kier alpha value is -0.650. The molecule has 2 unspecified atom stereocenters. The van der Waals surface area contributed by atoms with Gasteiger partial charge in [0.15, 0.2) is 0 Å². The van der Waals surface area contributed by atoms with Crippen LogP contribution in [0.2, 0.25) is 0 Å². The van der Waals surface area contributed by atoms with Gasteiger partial charge >= 0.3 is 0 Å². The van der Waals surface area contributed by atoms with E-state index in [0.717, 1.165) is 5.56 Å². The average Bonchev–Trinajstić information content (AvgIpc) is 2.45. The summed E-state index contributed by atoms with van der Waals surface area (Å²) in [6.45, 7) is -0.0305. The number of carbonyl (C=O) groups is 1. The Balaban J connectivity index is 2.56. The Morgan fingerprint density at radius 3 is 2.63 bits per heavy atom. The normalized spacial score (nSPS) is 13.8. The van der Waals surface area contributed by atoms with E-state index in [2.05, 4.69) is 17.9 Å². The molecule has 106 valence electrons. The molecule has 0 aliphatic carbocycles. The number of nitrogens with one attached hydrogen (secondary N) is 1. The second kappa shape index (κ2) is 9.28. The molecule has 0 aliphatic heterocycles. The smallest absolute Gasteiger partial charge is 0.224 e. The van der Waals surface area contributed by atoms with Crippen LogP contribution in [0.4, 0.5) is 0 Å². The van der Waals surface area contributed by atoms with Gasteiger partial charge in [-0.3, -0.25) is 4.79 Å². The molecule has 0 saturated heterocycles. The predicted octanol–water partition coefficient (Wildman–Crippen LogP) is 1.62. The van der Waals surface area contributed by atoms with Crippen molar-refractivity contribution in [1.29, 1.82) is 0 Å². The number of thioether (sulfide) groups is 1. The lowest BCUT2D eigenvalue weighted by Crippen LogP contribution is -2.43. The molecule has 0 fully saturated rings. The Morgan fingerprint density at radius 1 is 1.42 bits per heavy atom. The second-order valence-electron chi connectivity index (χ2n) is 4.41. The first-order valence-corrected chi connectivity index (χ1v) is 8.28. The number of carbonyl (C=O) groups excluding carboxylic acids is 1. The molecule has 1 rings (SSSR count). The molecular weight excluding hydrogens is 278 g/mol. The van der Waals surface area contributed by atoms with E-state index < -0.39 is 0 Å². The third-order valence-electron chi connectivity index (χ3n) is 2.85. The zero-order valence-corrected chi connectivity index (χ0v) is 12.8. The fraction of sp³-hybridized carbons (Fsp3) is 0.500. The number of rotatable bonds is 8. The van der Waals surface area contributed by atoms with Crippen molar-refractivity contribution in [3.05, 3.63) is 35.9 Å². The lowest BCUT2D eigenvalue weighted by atomic mass is 10.00. The highest BCUT2D eigenvalue weighted by molar-refractivity contribution is 7.98. The fourth-order valence-corrected chi connectivity index (χ4v) is 2.69. The van der Waals surface area contributed by atoms with Crippen LogP contribution in [0.25, 0.3) is 0 Å². The van der Waals surface area contributed by atoms with Gasteiger partial charge in [0, 0.05) is 11.5 Å². The van der Waals surface area contributed by atoms with Gasteiger partial charge in [-0.25, -0.2) is 0 Å². The Morgan fingerprint density at radius 2 is 2.11 bits per heavy atom. The molecular formula is C14H21NO2S2. The third-order valence-corrected chi connectivity index (χ3v) is 4.03. The molecule has 1 amide bonds. The van der Waals surface area contributed by atoms with Crippen molar-refractivity contribution in [2.75, 3.05) is 24.4 Å². The van der Waals surface area contributed by atoms with Gasteiger partial charge in [-0.1, -0.05) is 30.3 Å². The summed E-state index contributed by atoms with van der Waals surface area (Å²) in [4.78, 5) is 12.1. The van der Waals surface area contributed by atoms with Gasteiger partial charge in [0.25, 0.3) is 0 Å². The first-order valence-electron chi connectivity index (χ1n) is 6.26. The van der Waals surface area contributed by atoms with Crippen molar-refractivity contribution >= 4 is 30.3 Å². The van der Waals surface area contributed by atoms with E-state index in [1.165, 1.54) is 0 Å². The van der Waals surface area contributed by atoms with Gasteiger partial charge in [-0.15, -0.1) is 0 Å². The van der Waals surface area contributed by atoms with Crippen LogP contribution in [0.1, 0.15) is 5.56 Å². The van der Waals surface area contributed by atoms with Crippen molar-refractivity contribution < 1.29 is 9.90 Å². The maximum Gasteiger partial charge on any atom is 0.224 e. The van der Waals surface area contributed by atoms with Gasteiger partial charge in [-0.05, 0) is 18.2 Å². The van der Waals surface area contributed by atoms with E-state index in [-0.39, 0.29) is 24.5 Å². The molecule has 2 atom stereocenters. The van der Waals surface area contributed by atoms with Crippen molar-refractivity contribution in [3.8, 4) is 0 Å². The summed E-state index contributed by atoms with van der Waals surface area (Å²) >= 11 is 5.87. The van der Waals surface area contributed by atoms with Gasteiger partial charge in [0.2, 0.25) is 5.91 Å². The van der Waals surface area contributed by atoms with Crippen LogP contribution in [0.15, 0.2) is 30.3 Å². The molecule has 1 aromatic rings. The molecule has 0 spiro atoms. The lowest BCUT2D eigenvalue weighted by molar-refractivity contribution is -0.125. The first kappa shape index (κ1) is 16.4. The highest BCUT2D eigenvalue weighted by Crippen LogP contribution is 2.11. The number of aliphatic hydroxyl groups is 1. The Labute approximate surface area is 124 Å². The molecule has 0 radical (unpaired) electrons. The van der Waals surface area contributed by atoms with E-state index in [9.17, 15) is 9.90 Å². The summed E-state index contributed by atoms with van der Waals surface area (Å²) < 4.78 is 0. The van der Waals surface area contributed by atoms with Crippen LogP contribution < -0.4 is 5.32 Å². The summed E-state index contributed by atoms with van der Waals surface area (Å²) in [6.07, 6.45) is 2.63. The van der Waals surface area contributed by atoms with Crippen LogP contribution in [0.5, 0.6) is 0 Å². The van der Waals surface area contributed by atoms with E-state index in [1.807, 2.05) is 36.6 Å². The number of hydrogen-bond donors (Lipinski definition) is 3. The van der Waals surface area contributed by atoms with Gasteiger partial charge in [-0.2, -0.15) is 24.4 Å². The largest absolute Gasteiger partial charge is 0.394 e. The molecule has 19 heavy (non-hydrogen) atoms. The maximum absolute atomic E-state index is 12.1. The van der Waals surface area contributed by atoms with Crippen LogP contribution in [-0.2, 0) is 11.2 Å². The monoisotopic (exact) mass is 299 g/mol. The molecule has 2 N–H and O–H groups in total. The topological polar surface area (TPSA) is 49.3 Å². The minimum absolute atomic E-state index is 0.0305. The van der Waals surface area contributed by atoms with E-state index in [0.29, 0.717) is 17.9 Å². The first-order chi connectivity index (χ1) is 9.21. The number of hydrogen-bond acceptors (Lipinski definition) is 4. The number of benzene rings is 1. The molecule has 0 bridgehead atoms. The summed E-state index contributed by atoms with van der Waals surface area (Å²) in [5.41, 5.74) is 1.13. The molecule has 0 saturated carbocycles. The number of amides is 1. The lowest BCUT2D eigenvalue weighted by Gasteiger charge is -2.20. The van der Waals surface area contributed by atoms with Crippen molar-refractivity contribution in [2.24, 2.45) is 5.92 Å². The van der Waals surface area contributed by atoms with Crippen LogP contribution >= 0.6 is 24.4 Å². The minimum atomic E-state index is -0.180. The highest BCUT2D eigenvalue weighted by Gasteiger charge is 2.20. The standard InChI is InChI=1S/C14H21NO2S2/c1-19-10-13(8-16)15-14(17)12(9-18)7-11-5-3-2-4-6-11/h2-6,12-13,16,18H,7-10H2,1H3,(H,15,17). The SMILES string of the molecule is CSCC(CO)NC(=O)C(CS)Cc1ccccc1. The van der Waals surface area contributed by atoms with Crippen LogP contribution in [0.3, 0.4) is 0 Å². The fourth-order valence-electron chi connectivity index (χ4n) is 1.80. The molecule has 3 nitrogen and oxygen atoms in total. The van der Waals surface area contributed by atoms with E-state index in [4.69, 9.17) is 0 Å². The van der Waals surface area contributed by atoms with Gasteiger partial charge < -0.3 is 10.4 Å². The number of aliphatic hydroxyl groups excluding tert-OH is 1. The molecule has 1 aromatic carbocycles. The highest BCUT2D eigenvalue weighted by atomic mass is 32.2. The Kier molecular flexibility index (Phi) is 8.02. The van der Waals surface area contributed by atoms with E-state index in [1.54, 1.807) is 11.8 Å². The van der Waals surface area contributed by atoms with Crippen LogP contribution in [0, 0.1) is 5.92 Å². The zero-order valence-electron chi connectivity index (χ0n) is 11.1. The van der Waals surface area contributed by atoms with Crippen LogP contribution in [-0.4, -0.2) is 41.4 Å². The van der Waals surface area contributed by atoms with Crippen molar-refractivity contribution in [2.45, 2.75) is 12.5 Å². The van der Waals surface area contributed by atoms with Crippen molar-refractivity contribution in [3.63, 3.8) is 0 Å². The Bertz CT molecular complexity index is 373. The average molecular weight is 299 g/mol. The minimum Gasteiger partial charge on any atom is -0.394 e. The summed E-state index contributed by atoms with van der Waals surface area (Å²) in [5.74, 6) is 1.01. The van der Waals surface area contributed by atoms with Crippen molar-refractivity contribution in [1.82, 2.24) is 5.32 Å². The summed E-state index contributed by atoms with van der Waals surface area (Å²) in [7, 11) is 0. The molecule has 0 aromatic heterocycles. The second-order valence-corrected chi connectivity index (χ2v) is 5.69.